The summed E-state index contributed by atoms with van der Waals surface area (Å²) in [5.74, 6) is 1.45. The van der Waals surface area contributed by atoms with Gasteiger partial charge >= 0.3 is 0 Å². The average Bonchev–Trinajstić information content (AvgIpc) is 2.91. The largest absolute Gasteiger partial charge is 0.492 e. The number of benzene rings is 2. The fourth-order valence-corrected chi connectivity index (χ4v) is 3.57. The highest BCUT2D eigenvalue weighted by molar-refractivity contribution is 5.56. The number of hydrogen-bond donors (Lipinski definition) is 0. The van der Waals surface area contributed by atoms with Crippen LogP contribution in [0.25, 0.3) is 0 Å². The lowest BCUT2D eigenvalue weighted by molar-refractivity contribution is 0.334. The van der Waals surface area contributed by atoms with Crippen LogP contribution in [0.2, 0.25) is 0 Å². The van der Waals surface area contributed by atoms with Crippen molar-refractivity contribution in [2.45, 2.75) is 72.1 Å². The van der Waals surface area contributed by atoms with Crippen LogP contribution in [0.3, 0.4) is 0 Å². The van der Waals surface area contributed by atoms with Crippen molar-refractivity contribution in [3.8, 4) is 5.75 Å². The van der Waals surface area contributed by atoms with Gasteiger partial charge in [0.15, 0.2) is 0 Å². The summed E-state index contributed by atoms with van der Waals surface area (Å²) in [5, 5.41) is 0. The quantitative estimate of drug-likeness (QED) is 0.583. The highest BCUT2D eigenvalue weighted by Gasteiger charge is 2.33. The summed E-state index contributed by atoms with van der Waals surface area (Å²) >= 11 is 0. The molecule has 0 fully saturated rings. The molecule has 1 aliphatic rings. The Labute approximate surface area is 153 Å². The summed E-state index contributed by atoms with van der Waals surface area (Å²) in [6.45, 7) is 18.8. The van der Waals surface area contributed by atoms with E-state index >= 15 is 0 Å². The summed E-state index contributed by atoms with van der Waals surface area (Å²) in [6.07, 6.45) is 0. The van der Waals surface area contributed by atoms with Gasteiger partial charge in [-0.15, -0.1) is 0 Å². The van der Waals surface area contributed by atoms with Crippen LogP contribution < -0.4 is 4.74 Å². The molecule has 1 aliphatic heterocycles. The van der Waals surface area contributed by atoms with E-state index in [0.717, 1.165) is 12.4 Å². The van der Waals surface area contributed by atoms with Crippen LogP contribution in [0, 0.1) is 13.8 Å². The zero-order valence-corrected chi connectivity index (χ0v) is 17.1. The molecule has 1 nitrogen and oxygen atoms in total. The lowest BCUT2D eigenvalue weighted by Gasteiger charge is -2.27. The van der Waals surface area contributed by atoms with Crippen molar-refractivity contribution < 1.29 is 4.74 Å². The normalized spacial score (nSPS) is 17.4. The fraction of sp³-hybridized carbons (Fsp3) is 0.500. The molecule has 0 saturated heterocycles. The van der Waals surface area contributed by atoms with Crippen LogP contribution in [0.15, 0.2) is 30.3 Å². The Morgan fingerprint density at radius 2 is 1.52 bits per heavy atom. The minimum atomic E-state index is 0.0728. The van der Waals surface area contributed by atoms with E-state index in [-0.39, 0.29) is 10.8 Å². The average molecular weight is 337 g/mol. The van der Waals surface area contributed by atoms with Crippen LogP contribution >= 0.6 is 0 Å². The van der Waals surface area contributed by atoms with E-state index in [9.17, 15) is 0 Å². The van der Waals surface area contributed by atoms with Crippen molar-refractivity contribution in [3.63, 3.8) is 0 Å². The Morgan fingerprint density at radius 1 is 0.840 bits per heavy atom. The van der Waals surface area contributed by atoms with Crippen molar-refractivity contribution in [2.75, 3.05) is 6.61 Å². The number of rotatable bonds is 1. The van der Waals surface area contributed by atoms with Crippen molar-refractivity contribution in [1.82, 2.24) is 0 Å². The molecule has 0 N–H and O–H groups in total. The van der Waals surface area contributed by atoms with Crippen molar-refractivity contribution >= 4 is 0 Å². The molecule has 2 aromatic carbocycles. The third-order valence-corrected chi connectivity index (χ3v) is 5.49. The van der Waals surface area contributed by atoms with Gasteiger partial charge in [-0.1, -0.05) is 71.9 Å². The van der Waals surface area contributed by atoms with Crippen molar-refractivity contribution in [1.29, 1.82) is 0 Å². The maximum atomic E-state index is 6.26. The van der Waals surface area contributed by atoms with E-state index in [0.29, 0.717) is 5.92 Å². The first-order valence-corrected chi connectivity index (χ1v) is 9.37. The highest BCUT2D eigenvalue weighted by atomic mass is 16.5. The standard InChI is InChI=1S/C24H32O/c1-15-9-10-17(11-16(15)2)20-14-25-22-19(20)12-18(23(3,4)5)13-21(22)24(6,7)8/h9-13,20H,14H2,1-8H3. The van der Waals surface area contributed by atoms with Crippen LogP contribution in [-0.2, 0) is 10.8 Å². The Bertz CT molecular complexity index is 800. The predicted octanol–water partition coefficient (Wildman–Crippen LogP) is 6.42. The molecule has 25 heavy (non-hydrogen) atoms. The number of ether oxygens (including phenoxy) is 1. The van der Waals surface area contributed by atoms with Gasteiger partial charge in [-0.25, -0.2) is 0 Å². The molecule has 3 rings (SSSR count). The van der Waals surface area contributed by atoms with Gasteiger partial charge in [0.1, 0.15) is 5.75 Å². The lowest BCUT2D eigenvalue weighted by atomic mass is 9.77. The third kappa shape index (κ3) is 3.34. The van der Waals surface area contributed by atoms with Gasteiger partial charge in [-0.05, 0) is 46.9 Å². The Hall–Kier alpha value is -1.76. The third-order valence-electron chi connectivity index (χ3n) is 5.49. The summed E-state index contributed by atoms with van der Waals surface area (Å²) in [5.41, 5.74) is 8.37. The molecule has 134 valence electrons. The maximum Gasteiger partial charge on any atom is 0.127 e. The first-order valence-electron chi connectivity index (χ1n) is 9.37. The monoisotopic (exact) mass is 336 g/mol. The van der Waals surface area contributed by atoms with Crippen molar-refractivity contribution in [3.05, 3.63) is 63.7 Å². The summed E-state index contributed by atoms with van der Waals surface area (Å²) in [6, 6.07) is 11.6. The van der Waals surface area contributed by atoms with Gasteiger partial charge in [0.25, 0.3) is 0 Å². The summed E-state index contributed by atoms with van der Waals surface area (Å²) < 4.78 is 6.26. The van der Waals surface area contributed by atoms with E-state index in [2.05, 4.69) is 85.7 Å². The molecule has 1 atom stereocenters. The molecule has 0 radical (unpaired) electrons. The molecule has 0 bridgehead atoms. The molecule has 0 spiro atoms. The van der Waals surface area contributed by atoms with E-state index < -0.39 is 0 Å². The Morgan fingerprint density at radius 3 is 2.08 bits per heavy atom. The van der Waals surface area contributed by atoms with Gasteiger partial charge in [-0.2, -0.15) is 0 Å². The minimum Gasteiger partial charge on any atom is -0.492 e. The zero-order chi connectivity index (χ0) is 18.6. The SMILES string of the molecule is Cc1ccc(C2COc3c2cc(C(C)(C)C)cc3C(C)(C)C)cc1C. The smallest absolute Gasteiger partial charge is 0.127 e. The molecule has 2 aromatic rings. The van der Waals surface area contributed by atoms with E-state index in [4.69, 9.17) is 4.74 Å². The van der Waals surface area contributed by atoms with Crippen molar-refractivity contribution in [2.24, 2.45) is 0 Å². The van der Waals surface area contributed by atoms with Gasteiger partial charge in [0.2, 0.25) is 0 Å². The predicted molar refractivity (Wildman–Crippen MR) is 107 cm³/mol. The second-order valence-electron chi connectivity index (χ2n) is 9.65. The van der Waals surface area contributed by atoms with E-state index in [1.807, 2.05) is 0 Å². The molecule has 1 heterocycles. The second kappa shape index (κ2) is 5.90. The molecule has 0 amide bonds. The topological polar surface area (TPSA) is 9.23 Å². The van der Waals surface area contributed by atoms with Crippen LogP contribution in [0.4, 0.5) is 0 Å². The lowest BCUT2D eigenvalue weighted by Crippen LogP contribution is -2.17. The molecule has 1 heteroatoms. The molecular formula is C24H32O. The van der Waals surface area contributed by atoms with E-state index in [1.165, 1.54) is 33.4 Å². The molecule has 0 aromatic heterocycles. The summed E-state index contributed by atoms with van der Waals surface area (Å²) in [4.78, 5) is 0. The molecule has 0 saturated carbocycles. The Kier molecular flexibility index (Phi) is 4.26. The number of aryl methyl sites for hydroxylation is 2. The minimum absolute atomic E-state index is 0.0728. The second-order valence-corrected chi connectivity index (χ2v) is 9.65. The fourth-order valence-electron chi connectivity index (χ4n) is 3.57. The molecule has 1 unspecified atom stereocenters. The van der Waals surface area contributed by atoms with Gasteiger partial charge in [0, 0.05) is 17.0 Å². The number of fused-ring (bicyclic) bond motifs is 1. The van der Waals surface area contributed by atoms with Gasteiger partial charge in [0.05, 0.1) is 6.61 Å². The maximum absolute atomic E-state index is 6.26. The highest BCUT2D eigenvalue weighted by Crippen LogP contribution is 2.46. The van der Waals surface area contributed by atoms with Gasteiger partial charge < -0.3 is 4.74 Å². The number of hydrogen-bond acceptors (Lipinski definition) is 1. The first kappa shape index (κ1) is 18.0. The van der Waals surface area contributed by atoms with Crippen LogP contribution in [-0.4, -0.2) is 6.61 Å². The molecule has 0 aliphatic carbocycles. The van der Waals surface area contributed by atoms with Crippen LogP contribution in [0.5, 0.6) is 5.75 Å². The first-order chi connectivity index (χ1) is 11.5. The molecular weight excluding hydrogens is 304 g/mol. The zero-order valence-electron chi connectivity index (χ0n) is 17.1. The van der Waals surface area contributed by atoms with Gasteiger partial charge in [-0.3, -0.25) is 0 Å². The summed E-state index contributed by atoms with van der Waals surface area (Å²) in [7, 11) is 0. The Balaban J connectivity index is 2.19. The van der Waals surface area contributed by atoms with E-state index in [1.54, 1.807) is 0 Å². The van der Waals surface area contributed by atoms with Crippen LogP contribution in [0.1, 0.15) is 80.8 Å².